The van der Waals surface area contributed by atoms with Crippen LogP contribution in [0.2, 0.25) is 0 Å². The quantitative estimate of drug-likeness (QED) is 0.720. The van der Waals surface area contributed by atoms with Gasteiger partial charge >= 0.3 is 0 Å². The Morgan fingerprint density at radius 1 is 1.00 bits per heavy atom. The fourth-order valence-corrected chi connectivity index (χ4v) is 5.60. The van der Waals surface area contributed by atoms with Crippen molar-refractivity contribution in [1.82, 2.24) is 4.90 Å². The van der Waals surface area contributed by atoms with E-state index in [1.807, 2.05) is 4.90 Å². The molecular weight excluding hydrogens is 390 g/mol. The number of ketones is 1. The van der Waals surface area contributed by atoms with E-state index >= 15 is 0 Å². The molecule has 0 aromatic heterocycles. The molecule has 166 valence electrons. The van der Waals surface area contributed by atoms with Crippen molar-refractivity contribution in [3.8, 4) is 0 Å². The Labute approximate surface area is 184 Å². The van der Waals surface area contributed by atoms with E-state index in [1.165, 1.54) is 5.56 Å². The van der Waals surface area contributed by atoms with Crippen LogP contribution < -0.4 is 0 Å². The molecule has 31 heavy (non-hydrogen) atoms. The summed E-state index contributed by atoms with van der Waals surface area (Å²) < 4.78 is 12.1. The van der Waals surface area contributed by atoms with Gasteiger partial charge in [-0.1, -0.05) is 51.5 Å². The number of hydrogen-bond donors (Lipinski definition) is 0. The van der Waals surface area contributed by atoms with Crippen LogP contribution in [0, 0.1) is 5.92 Å². The third kappa shape index (κ3) is 3.61. The third-order valence-electron chi connectivity index (χ3n) is 7.38. The fraction of sp³-hybridized carbons (Fsp3) is 0.615. The first-order valence-corrected chi connectivity index (χ1v) is 11.8. The average molecular weight is 424 g/mol. The largest absolute Gasteiger partial charge is 0.483 e. The number of ether oxygens (including phenoxy) is 2. The molecule has 4 atom stereocenters. The van der Waals surface area contributed by atoms with Gasteiger partial charge in [-0.2, -0.15) is 0 Å². The molecule has 2 fully saturated rings. The van der Waals surface area contributed by atoms with E-state index in [-0.39, 0.29) is 41.3 Å². The molecule has 1 aromatic carbocycles. The van der Waals surface area contributed by atoms with Crippen LogP contribution in [0.1, 0.15) is 76.5 Å². The minimum absolute atomic E-state index is 0.0269. The average Bonchev–Trinajstić information content (AvgIpc) is 3.36. The third-order valence-corrected chi connectivity index (χ3v) is 7.38. The first-order chi connectivity index (χ1) is 14.8. The molecule has 0 spiro atoms. The van der Waals surface area contributed by atoms with Crippen LogP contribution in [0.15, 0.2) is 35.6 Å². The van der Waals surface area contributed by atoms with Crippen LogP contribution >= 0.6 is 0 Å². The van der Waals surface area contributed by atoms with Crippen molar-refractivity contribution in [2.75, 3.05) is 13.2 Å². The smallest absolute Gasteiger partial charge is 0.290 e. The molecule has 5 rings (SSSR count). The van der Waals surface area contributed by atoms with Crippen LogP contribution in [0.5, 0.6) is 0 Å². The topological polar surface area (TPSA) is 55.8 Å². The van der Waals surface area contributed by atoms with E-state index in [0.717, 1.165) is 50.7 Å². The molecule has 1 saturated carbocycles. The number of rotatable bonds is 3. The highest BCUT2D eigenvalue weighted by molar-refractivity contribution is 6.11. The molecule has 4 unspecified atom stereocenters. The maximum absolute atomic E-state index is 13.6. The molecule has 0 radical (unpaired) electrons. The number of nitrogens with zero attached hydrogens (tertiary/aromatic N) is 1. The predicted octanol–water partition coefficient (Wildman–Crippen LogP) is 4.46. The fourth-order valence-electron chi connectivity index (χ4n) is 5.60. The van der Waals surface area contributed by atoms with Gasteiger partial charge in [-0.3, -0.25) is 9.59 Å². The summed E-state index contributed by atoms with van der Waals surface area (Å²) in [5.74, 6) is 0.169. The van der Waals surface area contributed by atoms with E-state index in [1.54, 1.807) is 0 Å². The molecule has 1 aromatic rings. The molecule has 0 N–H and O–H groups in total. The van der Waals surface area contributed by atoms with E-state index in [2.05, 4.69) is 45.0 Å². The summed E-state index contributed by atoms with van der Waals surface area (Å²) >= 11 is 0. The van der Waals surface area contributed by atoms with Gasteiger partial charge < -0.3 is 14.4 Å². The number of hydrogen-bond acceptors (Lipinski definition) is 4. The number of Topliss-reactive ketones (excluding diaryl/α,β-unsaturated/α-hetero) is 1. The molecule has 4 aliphatic rings. The van der Waals surface area contributed by atoms with Gasteiger partial charge in [-0.15, -0.1) is 0 Å². The maximum atomic E-state index is 13.6. The van der Waals surface area contributed by atoms with Gasteiger partial charge in [0.1, 0.15) is 6.10 Å². The summed E-state index contributed by atoms with van der Waals surface area (Å²) in [4.78, 5) is 29.0. The summed E-state index contributed by atoms with van der Waals surface area (Å²) in [6.45, 7) is 7.81. The Balaban J connectivity index is 1.54. The second-order valence-corrected chi connectivity index (χ2v) is 10.5. The Kier molecular flexibility index (Phi) is 5.20. The van der Waals surface area contributed by atoms with Gasteiger partial charge in [0.05, 0.1) is 23.6 Å². The summed E-state index contributed by atoms with van der Waals surface area (Å²) in [6.07, 6.45) is 5.68. The van der Waals surface area contributed by atoms with Gasteiger partial charge in [0.2, 0.25) is 0 Å². The first-order valence-electron chi connectivity index (χ1n) is 11.8. The molecular formula is C26H33NO4. The minimum atomic E-state index is -0.379. The lowest BCUT2D eigenvalue weighted by Gasteiger charge is -2.35. The zero-order chi connectivity index (χ0) is 21.8. The van der Waals surface area contributed by atoms with Crippen LogP contribution in [0.3, 0.4) is 0 Å². The second kappa shape index (κ2) is 7.77. The van der Waals surface area contributed by atoms with E-state index in [4.69, 9.17) is 9.47 Å². The van der Waals surface area contributed by atoms with Crippen molar-refractivity contribution in [2.45, 2.75) is 83.0 Å². The standard InChI is InChI=1S/C26H33NO4/c1-26(2,3)17-12-10-16(11-13-17)22-21-23(28)19-8-4-5-9-20(19)31-24(21)25(29)27(22)15-18-7-6-14-30-18/h10-13,18-20,22H,4-9,14-15H2,1-3H3. The molecule has 1 saturated heterocycles. The van der Waals surface area contributed by atoms with E-state index in [9.17, 15) is 9.59 Å². The number of carbonyl (C=O) groups is 2. The second-order valence-electron chi connectivity index (χ2n) is 10.5. The number of benzene rings is 1. The Morgan fingerprint density at radius 3 is 2.42 bits per heavy atom. The maximum Gasteiger partial charge on any atom is 0.290 e. The summed E-state index contributed by atoms with van der Waals surface area (Å²) in [7, 11) is 0. The van der Waals surface area contributed by atoms with Crippen LogP contribution in [0.25, 0.3) is 0 Å². The molecule has 0 bridgehead atoms. The highest BCUT2D eigenvalue weighted by Crippen LogP contribution is 2.47. The molecule has 1 amide bonds. The monoisotopic (exact) mass is 423 g/mol. The van der Waals surface area contributed by atoms with Crippen molar-refractivity contribution in [3.05, 3.63) is 46.7 Å². The van der Waals surface area contributed by atoms with Crippen molar-refractivity contribution in [1.29, 1.82) is 0 Å². The SMILES string of the molecule is CC(C)(C)c1ccc(C2C3=C(OC4CCCCC4C3=O)C(=O)N2CC2CCCO2)cc1. The Bertz CT molecular complexity index is 904. The van der Waals surface area contributed by atoms with Crippen LogP contribution in [0.4, 0.5) is 0 Å². The molecule has 3 aliphatic heterocycles. The lowest BCUT2D eigenvalue weighted by atomic mass is 9.77. The Hall–Kier alpha value is -2.14. The highest BCUT2D eigenvalue weighted by atomic mass is 16.5. The van der Waals surface area contributed by atoms with Gasteiger partial charge in [0.15, 0.2) is 11.5 Å². The lowest BCUT2D eigenvalue weighted by Crippen LogP contribution is -2.39. The molecule has 3 heterocycles. The highest BCUT2D eigenvalue weighted by Gasteiger charge is 2.52. The summed E-state index contributed by atoms with van der Waals surface area (Å²) in [5, 5.41) is 0. The van der Waals surface area contributed by atoms with Crippen LogP contribution in [-0.2, 0) is 24.5 Å². The molecule has 5 heteroatoms. The van der Waals surface area contributed by atoms with Gasteiger partial charge in [-0.05, 0) is 48.6 Å². The number of carbonyl (C=O) groups excluding carboxylic acids is 2. The summed E-state index contributed by atoms with van der Waals surface area (Å²) in [6, 6.07) is 8.03. The molecule has 5 nitrogen and oxygen atoms in total. The number of fused-ring (bicyclic) bond motifs is 1. The zero-order valence-corrected chi connectivity index (χ0v) is 18.9. The van der Waals surface area contributed by atoms with E-state index < -0.39 is 0 Å². The summed E-state index contributed by atoms with van der Waals surface area (Å²) in [5.41, 5.74) is 2.84. The first kappa shape index (κ1) is 20.7. The van der Waals surface area contributed by atoms with Crippen molar-refractivity contribution in [3.63, 3.8) is 0 Å². The van der Waals surface area contributed by atoms with Gasteiger partial charge in [-0.25, -0.2) is 0 Å². The lowest BCUT2D eigenvalue weighted by molar-refractivity contribution is -0.136. The normalized spacial score (nSPS) is 31.0. The van der Waals surface area contributed by atoms with Gasteiger partial charge in [0, 0.05) is 13.2 Å². The van der Waals surface area contributed by atoms with Crippen molar-refractivity contribution >= 4 is 11.7 Å². The van der Waals surface area contributed by atoms with E-state index in [0.29, 0.717) is 17.9 Å². The van der Waals surface area contributed by atoms with Gasteiger partial charge in [0.25, 0.3) is 5.91 Å². The predicted molar refractivity (Wildman–Crippen MR) is 117 cm³/mol. The number of amides is 1. The molecule has 1 aliphatic carbocycles. The minimum Gasteiger partial charge on any atom is -0.483 e. The zero-order valence-electron chi connectivity index (χ0n) is 18.9. The van der Waals surface area contributed by atoms with Crippen molar-refractivity contribution in [2.24, 2.45) is 5.92 Å². The Morgan fingerprint density at radius 2 is 1.74 bits per heavy atom. The van der Waals surface area contributed by atoms with Crippen molar-refractivity contribution < 1.29 is 19.1 Å². The van der Waals surface area contributed by atoms with Crippen LogP contribution in [-0.4, -0.2) is 41.9 Å².